The Morgan fingerprint density at radius 1 is 1.11 bits per heavy atom. The second-order valence-corrected chi connectivity index (χ2v) is 7.29. The van der Waals surface area contributed by atoms with Crippen LogP contribution in [0.25, 0.3) is 0 Å². The summed E-state index contributed by atoms with van der Waals surface area (Å²) >= 11 is 0. The number of ether oxygens (including phenoxy) is 3. The van der Waals surface area contributed by atoms with Gasteiger partial charge in [0.15, 0.2) is 0 Å². The van der Waals surface area contributed by atoms with Crippen molar-refractivity contribution in [2.75, 3.05) is 59.2 Å². The van der Waals surface area contributed by atoms with Crippen LogP contribution in [0, 0.1) is 0 Å². The first-order valence-corrected chi connectivity index (χ1v) is 10.1. The van der Waals surface area contributed by atoms with E-state index in [4.69, 9.17) is 14.2 Å². The number of aliphatic hydroxyl groups is 1. The number of hydrogen-bond acceptors (Lipinski definition) is 6. The monoisotopic (exact) mass is 394 g/mol. The number of β-amino-alcohol motifs (C(OH)–C–C–N with tert-alkyl or cyclic N) is 1. The Morgan fingerprint density at radius 3 is 2.39 bits per heavy atom. The van der Waals surface area contributed by atoms with Gasteiger partial charge in [0.05, 0.1) is 25.9 Å². The van der Waals surface area contributed by atoms with Gasteiger partial charge in [-0.25, -0.2) is 4.79 Å². The summed E-state index contributed by atoms with van der Waals surface area (Å²) in [6, 6.07) is 8.10. The van der Waals surface area contributed by atoms with E-state index >= 15 is 0 Å². The highest BCUT2D eigenvalue weighted by atomic mass is 16.6. The smallest absolute Gasteiger partial charge is 0.409 e. The summed E-state index contributed by atoms with van der Waals surface area (Å²) in [6.07, 6.45) is -0.815. The number of carbonyl (C=O) groups excluding carboxylic acids is 1. The molecule has 0 aromatic heterocycles. The number of nitrogens with zero attached hydrogens (tertiary/aromatic N) is 2. The van der Waals surface area contributed by atoms with Crippen molar-refractivity contribution < 1.29 is 24.1 Å². The Morgan fingerprint density at radius 2 is 1.79 bits per heavy atom. The lowest BCUT2D eigenvalue weighted by Crippen LogP contribution is -2.51. The Balaban J connectivity index is 1.54. The molecule has 158 valence electrons. The maximum atomic E-state index is 11.7. The number of carbonyl (C=O) groups is 1. The second kappa shape index (κ2) is 11.9. The molecule has 1 heterocycles. The predicted octanol–water partition coefficient (Wildman–Crippen LogP) is 2.34. The molecule has 0 aliphatic carbocycles. The van der Waals surface area contributed by atoms with E-state index in [0.29, 0.717) is 45.4 Å². The standard InChI is InChI=1S/C21H34N2O5/c1-4-27-21(25)23-11-9-22(10-12-23)15-19(24)16-26-13-14-28-20-7-5-18(6-8-20)17(2)3/h5-8,17,19,24H,4,9-16H2,1-3H3. The molecule has 1 fully saturated rings. The van der Waals surface area contributed by atoms with Crippen LogP contribution >= 0.6 is 0 Å². The van der Waals surface area contributed by atoms with E-state index in [-0.39, 0.29) is 12.7 Å². The van der Waals surface area contributed by atoms with Crippen molar-refractivity contribution >= 4 is 6.09 Å². The molecule has 0 saturated carbocycles. The highest BCUT2D eigenvalue weighted by molar-refractivity contribution is 5.67. The molecule has 1 aliphatic rings. The van der Waals surface area contributed by atoms with E-state index in [1.807, 2.05) is 12.1 Å². The molecule has 28 heavy (non-hydrogen) atoms. The van der Waals surface area contributed by atoms with Gasteiger partial charge in [0.25, 0.3) is 0 Å². The van der Waals surface area contributed by atoms with Gasteiger partial charge in [-0.2, -0.15) is 0 Å². The van der Waals surface area contributed by atoms with Crippen LogP contribution in [0.15, 0.2) is 24.3 Å². The number of piperazine rings is 1. The van der Waals surface area contributed by atoms with Gasteiger partial charge in [0, 0.05) is 32.7 Å². The van der Waals surface area contributed by atoms with Gasteiger partial charge < -0.3 is 24.2 Å². The van der Waals surface area contributed by atoms with E-state index in [1.165, 1.54) is 5.56 Å². The summed E-state index contributed by atoms with van der Waals surface area (Å²) < 4.78 is 16.2. The molecule has 0 radical (unpaired) electrons. The molecule has 1 aromatic rings. The van der Waals surface area contributed by atoms with Crippen LogP contribution in [0.5, 0.6) is 5.75 Å². The fourth-order valence-electron chi connectivity index (χ4n) is 3.07. The van der Waals surface area contributed by atoms with E-state index in [0.717, 1.165) is 18.8 Å². The fraction of sp³-hybridized carbons (Fsp3) is 0.667. The molecule has 1 unspecified atom stereocenters. The molecule has 1 saturated heterocycles. The van der Waals surface area contributed by atoms with E-state index in [1.54, 1.807) is 11.8 Å². The van der Waals surface area contributed by atoms with Crippen molar-refractivity contribution in [3.63, 3.8) is 0 Å². The molecule has 1 atom stereocenters. The lowest BCUT2D eigenvalue weighted by atomic mass is 10.0. The number of amides is 1. The average molecular weight is 395 g/mol. The third-order valence-corrected chi connectivity index (χ3v) is 4.72. The lowest BCUT2D eigenvalue weighted by molar-refractivity contribution is -0.0000940. The van der Waals surface area contributed by atoms with Crippen LogP contribution in [-0.4, -0.2) is 86.3 Å². The molecule has 1 N–H and O–H groups in total. The highest BCUT2D eigenvalue weighted by Crippen LogP contribution is 2.18. The molecule has 1 amide bonds. The van der Waals surface area contributed by atoms with Gasteiger partial charge in [-0.05, 0) is 30.5 Å². The molecule has 2 rings (SSSR count). The molecular weight excluding hydrogens is 360 g/mol. The third kappa shape index (κ3) is 7.66. The van der Waals surface area contributed by atoms with Crippen LogP contribution in [0.2, 0.25) is 0 Å². The van der Waals surface area contributed by atoms with E-state index in [9.17, 15) is 9.90 Å². The summed E-state index contributed by atoms with van der Waals surface area (Å²) in [5.41, 5.74) is 1.29. The molecule has 1 aromatic carbocycles. The Labute approximate surface area is 168 Å². The number of rotatable bonds is 10. The molecular formula is C21H34N2O5. The van der Waals surface area contributed by atoms with E-state index < -0.39 is 6.10 Å². The van der Waals surface area contributed by atoms with Crippen molar-refractivity contribution in [3.8, 4) is 5.75 Å². The van der Waals surface area contributed by atoms with Gasteiger partial charge >= 0.3 is 6.09 Å². The number of hydrogen-bond donors (Lipinski definition) is 1. The molecule has 0 bridgehead atoms. The zero-order valence-corrected chi connectivity index (χ0v) is 17.3. The first-order chi connectivity index (χ1) is 13.5. The summed E-state index contributed by atoms with van der Waals surface area (Å²) in [7, 11) is 0. The van der Waals surface area contributed by atoms with Gasteiger partial charge in [0.2, 0.25) is 0 Å². The zero-order chi connectivity index (χ0) is 20.4. The lowest BCUT2D eigenvalue weighted by Gasteiger charge is -2.34. The van der Waals surface area contributed by atoms with Crippen molar-refractivity contribution in [1.82, 2.24) is 9.80 Å². The molecule has 7 nitrogen and oxygen atoms in total. The minimum atomic E-state index is -0.556. The maximum Gasteiger partial charge on any atom is 0.409 e. The van der Waals surface area contributed by atoms with Crippen LogP contribution < -0.4 is 4.74 Å². The minimum absolute atomic E-state index is 0.259. The summed E-state index contributed by atoms with van der Waals surface area (Å²) in [4.78, 5) is 15.5. The Kier molecular flexibility index (Phi) is 9.54. The van der Waals surface area contributed by atoms with Crippen molar-refractivity contribution in [3.05, 3.63) is 29.8 Å². The first-order valence-electron chi connectivity index (χ1n) is 10.1. The van der Waals surface area contributed by atoms with Crippen LogP contribution in [0.1, 0.15) is 32.3 Å². The van der Waals surface area contributed by atoms with Crippen molar-refractivity contribution in [1.29, 1.82) is 0 Å². The van der Waals surface area contributed by atoms with Gasteiger partial charge in [-0.3, -0.25) is 4.90 Å². The normalized spacial score (nSPS) is 16.2. The number of aliphatic hydroxyl groups excluding tert-OH is 1. The third-order valence-electron chi connectivity index (χ3n) is 4.72. The average Bonchev–Trinajstić information content (AvgIpc) is 2.69. The molecule has 1 aliphatic heterocycles. The highest BCUT2D eigenvalue weighted by Gasteiger charge is 2.23. The number of benzene rings is 1. The van der Waals surface area contributed by atoms with Gasteiger partial charge in [-0.15, -0.1) is 0 Å². The zero-order valence-electron chi connectivity index (χ0n) is 17.3. The molecule has 0 spiro atoms. The van der Waals surface area contributed by atoms with Crippen LogP contribution in [0.3, 0.4) is 0 Å². The van der Waals surface area contributed by atoms with Crippen LogP contribution in [-0.2, 0) is 9.47 Å². The van der Waals surface area contributed by atoms with Gasteiger partial charge in [-0.1, -0.05) is 26.0 Å². The van der Waals surface area contributed by atoms with Crippen molar-refractivity contribution in [2.45, 2.75) is 32.8 Å². The Bertz CT molecular complexity index is 571. The largest absolute Gasteiger partial charge is 0.491 e. The van der Waals surface area contributed by atoms with Crippen LogP contribution in [0.4, 0.5) is 4.79 Å². The SMILES string of the molecule is CCOC(=O)N1CCN(CC(O)COCCOc2ccc(C(C)C)cc2)CC1. The summed E-state index contributed by atoms with van der Waals surface area (Å²) in [5.74, 6) is 1.33. The summed E-state index contributed by atoms with van der Waals surface area (Å²) in [6.45, 7) is 10.9. The topological polar surface area (TPSA) is 71.5 Å². The van der Waals surface area contributed by atoms with E-state index in [2.05, 4.69) is 30.9 Å². The van der Waals surface area contributed by atoms with Crippen molar-refractivity contribution in [2.24, 2.45) is 0 Å². The quantitative estimate of drug-likeness (QED) is 0.614. The van der Waals surface area contributed by atoms with Gasteiger partial charge in [0.1, 0.15) is 12.4 Å². The molecule has 7 heteroatoms. The second-order valence-electron chi connectivity index (χ2n) is 7.29. The predicted molar refractivity (Wildman–Crippen MR) is 108 cm³/mol. The maximum absolute atomic E-state index is 11.7. The fourth-order valence-corrected chi connectivity index (χ4v) is 3.07. The Hall–Kier alpha value is -1.83. The first kappa shape index (κ1) is 22.5. The summed E-state index contributed by atoms with van der Waals surface area (Å²) in [5, 5.41) is 10.1. The minimum Gasteiger partial charge on any atom is -0.491 e.